The Bertz CT molecular complexity index is 148. The fourth-order valence-electron chi connectivity index (χ4n) is 0.557. The van der Waals surface area contributed by atoms with E-state index >= 15 is 0 Å². The van der Waals surface area contributed by atoms with E-state index in [1.165, 1.54) is 6.92 Å². The third-order valence-corrected chi connectivity index (χ3v) is 1.43. The molecule has 0 saturated heterocycles. The van der Waals surface area contributed by atoms with Crippen LogP contribution in [-0.2, 0) is 9.53 Å². The summed E-state index contributed by atoms with van der Waals surface area (Å²) in [6.45, 7) is 5.03. The maximum atomic E-state index is 10.3. The SMILES string of the molecule is C[C@@H](OCCC(C)(C)O)C(=O)O. The number of hydrogen-bond acceptors (Lipinski definition) is 3. The van der Waals surface area contributed by atoms with Gasteiger partial charge in [-0.25, -0.2) is 4.79 Å². The Morgan fingerprint density at radius 3 is 2.42 bits per heavy atom. The lowest BCUT2D eigenvalue weighted by atomic mass is 10.1. The summed E-state index contributed by atoms with van der Waals surface area (Å²) in [4.78, 5) is 10.3. The van der Waals surface area contributed by atoms with Crippen LogP contribution < -0.4 is 0 Å². The quantitative estimate of drug-likeness (QED) is 0.645. The minimum absolute atomic E-state index is 0.261. The molecule has 0 heterocycles. The third kappa shape index (κ3) is 6.12. The molecule has 4 heteroatoms. The highest BCUT2D eigenvalue weighted by Crippen LogP contribution is 2.07. The average Bonchev–Trinajstić information content (AvgIpc) is 1.84. The largest absolute Gasteiger partial charge is 0.479 e. The van der Waals surface area contributed by atoms with Gasteiger partial charge in [-0.3, -0.25) is 0 Å². The average molecular weight is 176 g/mol. The first-order valence-corrected chi connectivity index (χ1v) is 3.90. The standard InChI is InChI=1S/C8H16O4/c1-6(7(9)10)12-5-4-8(2,3)11/h6,11H,4-5H2,1-3H3,(H,9,10)/t6-/m1/s1. The fraction of sp³-hybridized carbons (Fsp3) is 0.875. The van der Waals surface area contributed by atoms with Crippen molar-refractivity contribution in [3.8, 4) is 0 Å². The zero-order valence-corrected chi connectivity index (χ0v) is 7.70. The number of ether oxygens (including phenoxy) is 1. The van der Waals surface area contributed by atoms with Gasteiger partial charge in [0.15, 0.2) is 6.10 Å². The van der Waals surface area contributed by atoms with Crippen molar-refractivity contribution in [1.29, 1.82) is 0 Å². The van der Waals surface area contributed by atoms with Crippen molar-refractivity contribution in [1.82, 2.24) is 0 Å². The lowest BCUT2D eigenvalue weighted by Crippen LogP contribution is -2.25. The van der Waals surface area contributed by atoms with E-state index in [1.807, 2.05) is 0 Å². The Labute approximate surface area is 72.2 Å². The normalized spacial score (nSPS) is 14.3. The number of carbonyl (C=O) groups is 1. The van der Waals surface area contributed by atoms with Crippen molar-refractivity contribution >= 4 is 5.97 Å². The molecule has 0 bridgehead atoms. The Hall–Kier alpha value is -0.610. The van der Waals surface area contributed by atoms with E-state index in [0.29, 0.717) is 6.42 Å². The highest BCUT2D eigenvalue weighted by molar-refractivity contribution is 5.71. The number of aliphatic carboxylic acids is 1. The van der Waals surface area contributed by atoms with Gasteiger partial charge < -0.3 is 14.9 Å². The monoisotopic (exact) mass is 176 g/mol. The Morgan fingerprint density at radius 2 is 2.08 bits per heavy atom. The molecule has 12 heavy (non-hydrogen) atoms. The van der Waals surface area contributed by atoms with Crippen LogP contribution >= 0.6 is 0 Å². The number of aliphatic hydroxyl groups is 1. The molecule has 0 aromatic carbocycles. The van der Waals surface area contributed by atoms with Crippen molar-refractivity contribution in [2.75, 3.05) is 6.61 Å². The summed E-state index contributed by atoms with van der Waals surface area (Å²) in [5.41, 5.74) is -0.793. The van der Waals surface area contributed by atoms with Crippen molar-refractivity contribution in [2.45, 2.75) is 38.9 Å². The van der Waals surface area contributed by atoms with Gasteiger partial charge in [0, 0.05) is 0 Å². The van der Waals surface area contributed by atoms with Crippen molar-refractivity contribution in [3.05, 3.63) is 0 Å². The molecule has 4 nitrogen and oxygen atoms in total. The molecule has 0 amide bonds. The first-order valence-electron chi connectivity index (χ1n) is 3.90. The zero-order chi connectivity index (χ0) is 9.78. The second-order valence-electron chi connectivity index (χ2n) is 3.41. The van der Waals surface area contributed by atoms with E-state index in [9.17, 15) is 9.90 Å². The van der Waals surface area contributed by atoms with Gasteiger partial charge in [0.25, 0.3) is 0 Å². The van der Waals surface area contributed by atoms with Gasteiger partial charge in [0.2, 0.25) is 0 Å². The van der Waals surface area contributed by atoms with Crippen LogP contribution in [0, 0.1) is 0 Å². The molecular formula is C8H16O4. The van der Waals surface area contributed by atoms with Gasteiger partial charge in [-0.15, -0.1) is 0 Å². The van der Waals surface area contributed by atoms with E-state index in [2.05, 4.69) is 0 Å². The second-order valence-corrected chi connectivity index (χ2v) is 3.41. The van der Waals surface area contributed by atoms with E-state index in [0.717, 1.165) is 0 Å². The summed E-state index contributed by atoms with van der Waals surface area (Å²) in [6, 6.07) is 0. The smallest absolute Gasteiger partial charge is 0.332 e. The van der Waals surface area contributed by atoms with Gasteiger partial charge >= 0.3 is 5.97 Å². The Morgan fingerprint density at radius 1 is 1.58 bits per heavy atom. The third-order valence-electron chi connectivity index (χ3n) is 1.43. The molecule has 0 aromatic rings. The van der Waals surface area contributed by atoms with Crippen LogP contribution in [0.25, 0.3) is 0 Å². The highest BCUT2D eigenvalue weighted by atomic mass is 16.5. The van der Waals surface area contributed by atoms with Crippen LogP contribution in [0.4, 0.5) is 0 Å². The van der Waals surface area contributed by atoms with Gasteiger partial charge in [-0.05, 0) is 27.2 Å². The predicted molar refractivity (Wildman–Crippen MR) is 44.0 cm³/mol. The van der Waals surface area contributed by atoms with Gasteiger partial charge in [0.1, 0.15) is 0 Å². The second kappa shape index (κ2) is 4.42. The van der Waals surface area contributed by atoms with Crippen molar-refractivity contribution < 1.29 is 19.7 Å². The van der Waals surface area contributed by atoms with Gasteiger partial charge in [-0.1, -0.05) is 0 Å². The maximum Gasteiger partial charge on any atom is 0.332 e. The molecule has 72 valence electrons. The first-order chi connectivity index (χ1) is 5.33. The Balaban J connectivity index is 3.51. The van der Waals surface area contributed by atoms with E-state index in [-0.39, 0.29) is 6.61 Å². The fourth-order valence-corrected chi connectivity index (χ4v) is 0.557. The molecule has 0 fully saturated rings. The summed E-state index contributed by atoms with van der Waals surface area (Å²) in [5, 5.41) is 17.7. The molecule has 0 aliphatic heterocycles. The predicted octanol–water partition coefficient (Wildman–Crippen LogP) is 0.637. The lowest BCUT2D eigenvalue weighted by Gasteiger charge is -2.17. The molecule has 0 saturated carbocycles. The molecular weight excluding hydrogens is 160 g/mol. The summed E-state index contributed by atoms with van der Waals surface area (Å²) >= 11 is 0. The summed E-state index contributed by atoms with van der Waals surface area (Å²) < 4.78 is 4.92. The molecule has 1 atom stereocenters. The number of carboxylic acid groups (broad SMARTS) is 1. The van der Waals surface area contributed by atoms with Gasteiger partial charge in [0.05, 0.1) is 12.2 Å². The van der Waals surface area contributed by atoms with Crippen LogP contribution in [0.3, 0.4) is 0 Å². The maximum absolute atomic E-state index is 10.3. The lowest BCUT2D eigenvalue weighted by molar-refractivity contribution is -0.150. The van der Waals surface area contributed by atoms with Crippen LogP contribution in [0.1, 0.15) is 27.2 Å². The molecule has 0 aliphatic carbocycles. The van der Waals surface area contributed by atoms with Crippen LogP contribution in [0.5, 0.6) is 0 Å². The van der Waals surface area contributed by atoms with E-state index < -0.39 is 17.7 Å². The number of carboxylic acids is 1. The molecule has 0 unspecified atom stereocenters. The number of rotatable bonds is 5. The topological polar surface area (TPSA) is 66.8 Å². The van der Waals surface area contributed by atoms with Gasteiger partial charge in [-0.2, -0.15) is 0 Å². The van der Waals surface area contributed by atoms with Crippen LogP contribution in [-0.4, -0.2) is 34.5 Å². The summed E-state index contributed by atoms with van der Waals surface area (Å²) in [5.74, 6) is -0.981. The van der Waals surface area contributed by atoms with Crippen LogP contribution in [0.15, 0.2) is 0 Å². The molecule has 2 N–H and O–H groups in total. The highest BCUT2D eigenvalue weighted by Gasteiger charge is 2.15. The minimum atomic E-state index is -0.981. The number of hydrogen-bond donors (Lipinski definition) is 2. The molecule has 0 spiro atoms. The van der Waals surface area contributed by atoms with E-state index in [1.54, 1.807) is 13.8 Å². The van der Waals surface area contributed by atoms with Crippen molar-refractivity contribution in [2.24, 2.45) is 0 Å². The molecule has 0 radical (unpaired) electrons. The van der Waals surface area contributed by atoms with Crippen LogP contribution in [0.2, 0.25) is 0 Å². The zero-order valence-electron chi connectivity index (χ0n) is 7.70. The first kappa shape index (κ1) is 11.4. The van der Waals surface area contributed by atoms with Crippen molar-refractivity contribution in [3.63, 3.8) is 0 Å². The molecule has 0 aliphatic rings. The minimum Gasteiger partial charge on any atom is -0.479 e. The summed E-state index contributed by atoms with van der Waals surface area (Å²) in [6.07, 6.45) is -0.364. The summed E-state index contributed by atoms with van der Waals surface area (Å²) in [7, 11) is 0. The molecule has 0 rings (SSSR count). The Kier molecular flexibility index (Phi) is 4.20. The molecule has 0 aromatic heterocycles. The van der Waals surface area contributed by atoms with E-state index in [4.69, 9.17) is 9.84 Å².